The molecule has 0 saturated carbocycles. The van der Waals surface area contributed by atoms with E-state index in [9.17, 15) is 0 Å². The van der Waals surface area contributed by atoms with Gasteiger partial charge in [0, 0.05) is 12.4 Å². The Bertz CT molecular complexity index is 690. The standard InChI is InChI=1S/C16H12N2/c1-11-2-3-12-7-14(8-13(12)6-11)16-4-5-18-10-15(16)9-17/h2-6,8,10H,7H2,1H3. The number of hydrogen-bond acceptors (Lipinski definition) is 2. The number of fused-ring (bicyclic) bond motifs is 1. The zero-order chi connectivity index (χ0) is 12.5. The van der Waals surface area contributed by atoms with Crippen LogP contribution in [0.25, 0.3) is 11.6 Å². The van der Waals surface area contributed by atoms with Gasteiger partial charge in [-0.15, -0.1) is 0 Å². The average molecular weight is 232 g/mol. The lowest BCUT2D eigenvalue weighted by molar-refractivity contribution is 1.25. The molecule has 0 bridgehead atoms. The highest BCUT2D eigenvalue weighted by Crippen LogP contribution is 2.33. The molecule has 2 aromatic rings. The molecule has 1 heterocycles. The van der Waals surface area contributed by atoms with Crippen molar-refractivity contribution in [3.8, 4) is 6.07 Å². The van der Waals surface area contributed by atoms with Crippen LogP contribution in [0, 0.1) is 18.3 Å². The summed E-state index contributed by atoms with van der Waals surface area (Å²) in [6, 6.07) is 10.6. The Kier molecular flexibility index (Phi) is 2.46. The molecule has 0 atom stereocenters. The topological polar surface area (TPSA) is 36.7 Å². The van der Waals surface area contributed by atoms with E-state index in [4.69, 9.17) is 5.26 Å². The summed E-state index contributed by atoms with van der Waals surface area (Å²) in [4.78, 5) is 4.00. The summed E-state index contributed by atoms with van der Waals surface area (Å²) < 4.78 is 0. The zero-order valence-corrected chi connectivity index (χ0v) is 10.1. The monoisotopic (exact) mass is 232 g/mol. The van der Waals surface area contributed by atoms with Crippen molar-refractivity contribution in [1.82, 2.24) is 4.98 Å². The van der Waals surface area contributed by atoms with Crippen LogP contribution in [0.2, 0.25) is 0 Å². The van der Waals surface area contributed by atoms with E-state index in [2.05, 4.69) is 42.3 Å². The maximum Gasteiger partial charge on any atom is 0.101 e. The number of aromatic nitrogens is 1. The van der Waals surface area contributed by atoms with Crippen LogP contribution in [0.3, 0.4) is 0 Å². The first-order valence-corrected chi connectivity index (χ1v) is 5.92. The Labute approximate surface area is 106 Å². The number of pyridine rings is 1. The minimum Gasteiger partial charge on any atom is -0.263 e. The second-order valence-electron chi connectivity index (χ2n) is 4.58. The minimum absolute atomic E-state index is 0.647. The number of allylic oxidation sites excluding steroid dienone is 1. The summed E-state index contributed by atoms with van der Waals surface area (Å²) >= 11 is 0. The molecule has 0 N–H and O–H groups in total. The van der Waals surface area contributed by atoms with Crippen LogP contribution in [0.5, 0.6) is 0 Å². The van der Waals surface area contributed by atoms with Crippen molar-refractivity contribution in [3.63, 3.8) is 0 Å². The molecule has 1 aliphatic rings. The molecule has 1 aromatic heterocycles. The van der Waals surface area contributed by atoms with E-state index in [1.54, 1.807) is 12.4 Å². The Morgan fingerprint density at radius 1 is 1.28 bits per heavy atom. The van der Waals surface area contributed by atoms with Gasteiger partial charge in [-0.25, -0.2) is 0 Å². The predicted octanol–water partition coefficient (Wildman–Crippen LogP) is 3.36. The van der Waals surface area contributed by atoms with Gasteiger partial charge in [-0.2, -0.15) is 5.26 Å². The van der Waals surface area contributed by atoms with E-state index in [1.165, 1.54) is 22.3 Å². The number of hydrogen-bond donors (Lipinski definition) is 0. The molecule has 0 fully saturated rings. The van der Waals surface area contributed by atoms with Crippen molar-refractivity contribution in [2.24, 2.45) is 0 Å². The quantitative estimate of drug-likeness (QED) is 0.756. The molecule has 1 aliphatic carbocycles. The molecule has 3 rings (SSSR count). The SMILES string of the molecule is Cc1ccc2c(c1)C=C(c1ccncc1C#N)C2. The third-order valence-corrected chi connectivity index (χ3v) is 3.30. The molecule has 0 amide bonds. The summed E-state index contributed by atoms with van der Waals surface area (Å²) in [5.41, 5.74) is 6.72. The summed E-state index contributed by atoms with van der Waals surface area (Å²) in [6.07, 6.45) is 6.45. The maximum absolute atomic E-state index is 9.12. The van der Waals surface area contributed by atoms with Crippen molar-refractivity contribution in [2.45, 2.75) is 13.3 Å². The molecule has 0 radical (unpaired) electrons. The van der Waals surface area contributed by atoms with E-state index in [-0.39, 0.29) is 0 Å². The minimum atomic E-state index is 0.647. The average Bonchev–Trinajstić information content (AvgIpc) is 2.81. The van der Waals surface area contributed by atoms with Gasteiger partial charge in [-0.05, 0) is 41.7 Å². The highest BCUT2D eigenvalue weighted by atomic mass is 14.6. The van der Waals surface area contributed by atoms with Gasteiger partial charge in [-0.3, -0.25) is 4.98 Å². The summed E-state index contributed by atoms with van der Waals surface area (Å²) in [5.74, 6) is 0. The zero-order valence-electron chi connectivity index (χ0n) is 10.1. The summed E-state index contributed by atoms with van der Waals surface area (Å²) in [7, 11) is 0. The van der Waals surface area contributed by atoms with E-state index in [0.29, 0.717) is 5.56 Å². The first-order chi connectivity index (χ1) is 8.78. The molecule has 86 valence electrons. The van der Waals surface area contributed by atoms with Gasteiger partial charge in [0.05, 0.1) is 5.56 Å². The fourth-order valence-corrected chi connectivity index (χ4v) is 2.39. The lowest BCUT2D eigenvalue weighted by Gasteiger charge is -2.03. The number of aryl methyl sites for hydroxylation is 1. The molecule has 0 saturated heterocycles. The molecule has 0 spiro atoms. The molecule has 2 nitrogen and oxygen atoms in total. The fraction of sp³-hybridized carbons (Fsp3) is 0.125. The highest BCUT2D eigenvalue weighted by molar-refractivity contribution is 5.90. The molecule has 0 unspecified atom stereocenters. The van der Waals surface area contributed by atoms with Crippen molar-refractivity contribution < 1.29 is 0 Å². The normalized spacial score (nSPS) is 12.8. The van der Waals surface area contributed by atoms with Crippen LogP contribution in [0.1, 0.15) is 27.8 Å². The molecule has 0 aliphatic heterocycles. The van der Waals surface area contributed by atoms with E-state index < -0.39 is 0 Å². The molecular weight excluding hydrogens is 220 g/mol. The Hall–Kier alpha value is -2.40. The van der Waals surface area contributed by atoms with Gasteiger partial charge in [0.1, 0.15) is 6.07 Å². The van der Waals surface area contributed by atoms with Gasteiger partial charge < -0.3 is 0 Å². The van der Waals surface area contributed by atoms with Crippen molar-refractivity contribution >= 4 is 11.6 Å². The predicted molar refractivity (Wildman–Crippen MR) is 71.7 cm³/mol. The smallest absolute Gasteiger partial charge is 0.101 e. The van der Waals surface area contributed by atoms with Crippen molar-refractivity contribution in [3.05, 3.63) is 64.5 Å². The number of nitriles is 1. The molecule has 2 heteroatoms. The van der Waals surface area contributed by atoms with Gasteiger partial charge in [0.2, 0.25) is 0 Å². The Balaban J connectivity index is 2.07. The van der Waals surface area contributed by atoms with E-state index >= 15 is 0 Å². The lowest BCUT2D eigenvalue weighted by atomic mass is 10.0. The van der Waals surface area contributed by atoms with Crippen LogP contribution >= 0.6 is 0 Å². The van der Waals surface area contributed by atoms with Crippen LogP contribution < -0.4 is 0 Å². The third kappa shape index (κ3) is 1.70. The first kappa shape index (κ1) is 10.7. The van der Waals surface area contributed by atoms with E-state index in [1.807, 2.05) is 6.07 Å². The van der Waals surface area contributed by atoms with Gasteiger partial charge in [0.15, 0.2) is 0 Å². The van der Waals surface area contributed by atoms with Gasteiger partial charge >= 0.3 is 0 Å². The van der Waals surface area contributed by atoms with Crippen molar-refractivity contribution in [2.75, 3.05) is 0 Å². The van der Waals surface area contributed by atoms with Crippen LogP contribution in [-0.2, 0) is 6.42 Å². The van der Waals surface area contributed by atoms with Crippen LogP contribution in [0.15, 0.2) is 36.7 Å². The Morgan fingerprint density at radius 2 is 2.17 bits per heavy atom. The van der Waals surface area contributed by atoms with E-state index in [0.717, 1.165) is 12.0 Å². The van der Waals surface area contributed by atoms with Crippen LogP contribution in [0.4, 0.5) is 0 Å². The summed E-state index contributed by atoms with van der Waals surface area (Å²) in [6.45, 7) is 2.10. The lowest BCUT2D eigenvalue weighted by Crippen LogP contribution is -1.91. The van der Waals surface area contributed by atoms with Gasteiger partial charge in [0.25, 0.3) is 0 Å². The van der Waals surface area contributed by atoms with Gasteiger partial charge in [-0.1, -0.05) is 29.8 Å². The fourth-order valence-electron chi connectivity index (χ4n) is 2.39. The summed E-state index contributed by atoms with van der Waals surface area (Å²) in [5, 5.41) is 9.12. The molecule has 1 aromatic carbocycles. The first-order valence-electron chi connectivity index (χ1n) is 5.92. The largest absolute Gasteiger partial charge is 0.263 e. The number of benzene rings is 1. The van der Waals surface area contributed by atoms with Crippen LogP contribution in [-0.4, -0.2) is 4.98 Å². The third-order valence-electron chi connectivity index (χ3n) is 3.30. The highest BCUT2D eigenvalue weighted by Gasteiger charge is 2.16. The maximum atomic E-state index is 9.12. The second kappa shape index (κ2) is 4.12. The molecular formula is C16H12N2. The molecule has 18 heavy (non-hydrogen) atoms. The number of rotatable bonds is 1. The van der Waals surface area contributed by atoms with Crippen molar-refractivity contribution in [1.29, 1.82) is 5.26 Å². The number of nitrogens with zero attached hydrogens (tertiary/aromatic N) is 2. The Morgan fingerprint density at radius 3 is 3.00 bits per heavy atom. The second-order valence-corrected chi connectivity index (χ2v) is 4.58.